The lowest BCUT2D eigenvalue weighted by molar-refractivity contribution is -0.137. The van der Waals surface area contributed by atoms with E-state index in [-0.39, 0.29) is 28.1 Å². The fraction of sp³-hybridized carbons (Fsp3) is 0.720. The molecular formula is C25H38O2. The first kappa shape index (κ1) is 20.4. The number of rotatable bonds is 2. The summed E-state index contributed by atoms with van der Waals surface area (Å²) in [6.45, 7) is 20.0. The first-order valence-electron chi connectivity index (χ1n) is 10.6. The lowest BCUT2D eigenvalue weighted by atomic mass is 9.74. The highest BCUT2D eigenvalue weighted by Gasteiger charge is 2.62. The molecule has 2 aliphatic carbocycles. The molecule has 3 rings (SSSR count). The van der Waals surface area contributed by atoms with Crippen LogP contribution in [0.25, 0.3) is 0 Å². The van der Waals surface area contributed by atoms with Gasteiger partial charge >= 0.3 is 5.97 Å². The first-order valence-corrected chi connectivity index (χ1v) is 10.6. The molecule has 1 unspecified atom stereocenters. The van der Waals surface area contributed by atoms with Gasteiger partial charge < -0.3 is 4.74 Å². The van der Waals surface area contributed by atoms with Crippen molar-refractivity contribution in [2.75, 3.05) is 0 Å². The van der Waals surface area contributed by atoms with Crippen LogP contribution in [0, 0.1) is 11.3 Å². The molecule has 0 heterocycles. The number of ether oxygens (including phenoxy) is 1. The van der Waals surface area contributed by atoms with Crippen LogP contribution in [0.15, 0.2) is 12.1 Å². The van der Waals surface area contributed by atoms with Gasteiger partial charge in [0.15, 0.2) is 0 Å². The van der Waals surface area contributed by atoms with Gasteiger partial charge in [-0.3, -0.25) is 4.79 Å². The molecule has 2 nitrogen and oxygen atoms in total. The maximum atomic E-state index is 13.0. The molecule has 0 saturated heterocycles. The number of esters is 1. The molecule has 2 heteroatoms. The smallest absolute Gasteiger partial charge is 0.314 e. The number of benzene rings is 1. The third kappa shape index (κ3) is 3.82. The number of carbonyl (C=O) groups is 1. The van der Waals surface area contributed by atoms with E-state index in [1.54, 1.807) is 0 Å². The topological polar surface area (TPSA) is 26.3 Å². The molecule has 0 aromatic heterocycles. The zero-order valence-corrected chi connectivity index (χ0v) is 18.9. The summed E-state index contributed by atoms with van der Waals surface area (Å²) in [4.78, 5) is 13.0. The highest BCUT2D eigenvalue weighted by atomic mass is 16.5. The molecule has 150 valence electrons. The summed E-state index contributed by atoms with van der Waals surface area (Å²) in [5.41, 5.74) is 3.77. The minimum atomic E-state index is -0.0887. The summed E-state index contributed by atoms with van der Waals surface area (Å²) < 4.78 is 6.21. The van der Waals surface area contributed by atoms with E-state index >= 15 is 0 Å². The van der Waals surface area contributed by atoms with E-state index in [2.05, 4.69) is 74.4 Å². The second kappa shape index (κ2) is 6.09. The van der Waals surface area contributed by atoms with Gasteiger partial charge in [-0.05, 0) is 46.5 Å². The van der Waals surface area contributed by atoms with Crippen molar-refractivity contribution < 1.29 is 9.53 Å². The molecule has 0 amide bonds. The van der Waals surface area contributed by atoms with Crippen LogP contribution in [-0.4, -0.2) is 5.97 Å². The first-order chi connectivity index (χ1) is 12.2. The van der Waals surface area contributed by atoms with E-state index in [0.717, 1.165) is 23.3 Å². The molecule has 1 aromatic rings. The van der Waals surface area contributed by atoms with Crippen molar-refractivity contribution in [2.24, 2.45) is 11.3 Å². The van der Waals surface area contributed by atoms with Crippen molar-refractivity contribution in [2.45, 2.75) is 104 Å². The molecule has 1 aromatic carbocycles. The largest absolute Gasteiger partial charge is 0.426 e. The highest BCUT2D eigenvalue weighted by Crippen LogP contribution is 2.65. The normalized spacial score (nSPS) is 21.7. The van der Waals surface area contributed by atoms with Crippen molar-refractivity contribution >= 4 is 5.97 Å². The van der Waals surface area contributed by atoms with Crippen LogP contribution in [0.5, 0.6) is 5.75 Å². The third-order valence-corrected chi connectivity index (χ3v) is 6.60. The Labute approximate surface area is 166 Å². The molecule has 27 heavy (non-hydrogen) atoms. The second-order valence-corrected chi connectivity index (χ2v) is 12.0. The van der Waals surface area contributed by atoms with Crippen molar-refractivity contribution in [1.82, 2.24) is 0 Å². The SMILES string of the molecule is CC(C)(C)c1cc(C(C)(C)C)c(OC(=O)C2CC23CCC3)c(C(C)(C)C)c1. The Bertz CT molecular complexity index is 711. The van der Waals surface area contributed by atoms with E-state index in [4.69, 9.17) is 4.74 Å². The Morgan fingerprint density at radius 3 is 1.67 bits per heavy atom. The molecule has 1 atom stereocenters. The quantitative estimate of drug-likeness (QED) is 0.429. The molecule has 0 radical (unpaired) electrons. The van der Waals surface area contributed by atoms with Gasteiger partial charge in [0.05, 0.1) is 5.92 Å². The summed E-state index contributed by atoms with van der Waals surface area (Å²) in [6, 6.07) is 4.54. The second-order valence-electron chi connectivity index (χ2n) is 12.0. The van der Waals surface area contributed by atoms with Gasteiger partial charge in [-0.25, -0.2) is 0 Å². The lowest BCUT2D eigenvalue weighted by Gasteiger charge is -2.33. The fourth-order valence-corrected chi connectivity index (χ4v) is 4.32. The number of hydrogen-bond donors (Lipinski definition) is 0. The summed E-state index contributed by atoms with van der Waals surface area (Å²) in [6.07, 6.45) is 4.70. The lowest BCUT2D eigenvalue weighted by Crippen LogP contribution is -2.26. The van der Waals surface area contributed by atoms with Crippen LogP contribution < -0.4 is 4.74 Å². The van der Waals surface area contributed by atoms with Crippen LogP contribution in [-0.2, 0) is 21.0 Å². The number of carbonyl (C=O) groups excluding carboxylic acids is 1. The Kier molecular flexibility index (Phi) is 4.61. The van der Waals surface area contributed by atoms with Gasteiger partial charge in [0.2, 0.25) is 0 Å². The van der Waals surface area contributed by atoms with Crippen LogP contribution in [0.1, 0.15) is 105 Å². The molecule has 1 spiro atoms. The maximum Gasteiger partial charge on any atom is 0.314 e. The molecule has 0 N–H and O–H groups in total. The average molecular weight is 371 g/mol. The van der Waals surface area contributed by atoms with Crippen LogP contribution in [0.2, 0.25) is 0 Å². The summed E-state index contributed by atoms with van der Waals surface area (Å²) >= 11 is 0. The summed E-state index contributed by atoms with van der Waals surface area (Å²) in [5.74, 6) is 0.928. The average Bonchev–Trinajstić information content (AvgIpc) is 3.19. The van der Waals surface area contributed by atoms with Crippen molar-refractivity contribution in [3.05, 3.63) is 28.8 Å². The van der Waals surface area contributed by atoms with E-state index < -0.39 is 0 Å². The molecule has 0 bridgehead atoms. The maximum absolute atomic E-state index is 13.0. The van der Waals surface area contributed by atoms with Gasteiger partial charge in [0.25, 0.3) is 0 Å². The van der Waals surface area contributed by atoms with Gasteiger partial charge in [-0.1, -0.05) is 80.9 Å². The Hall–Kier alpha value is -1.31. The van der Waals surface area contributed by atoms with E-state index in [0.29, 0.717) is 5.41 Å². The van der Waals surface area contributed by atoms with Gasteiger partial charge in [-0.2, -0.15) is 0 Å². The minimum absolute atomic E-state index is 0.00536. The predicted molar refractivity (Wildman–Crippen MR) is 113 cm³/mol. The molecular weight excluding hydrogens is 332 g/mol. The number of hydrogen-bond acceptors (Lipinski definition) is 2. The monoisotopic (exact) mass is 370 g/mol. The molecule has 2 aliphatic rings. The van der Waals surface area contributed by atoms with Gasteiger partial charge in [0, 0.05) is 11.1 Å². The molecule has 0 aliphatic heterocycles. The predicted octanol–water partition coefficient (Wildman–Crippen LogP) is 6.67. The molecule has 2 fully saturated rings. The zero-order chi connectivity index (χ0) is 20.4. The molecule has 2 saturated carbocycles. The summed E-state index contributed by atoms with van der Waals surface area (Å²) in [7, 11) is 0. The standard InChI is InChI=1S/C25H38O2/c1-22(2,3)16-13-17(23(4,5)6)20(18(14-16)24(7,8)9)27-21(26)19-15-25(19)11-10-12-25/h13-14,19H,10-12,15H2,1-9H3. The Morgan fingerprint density at radius 2 is 1.37 bits per heavy atom. The minimum Gasteiger partial charge on any atom is -0.426 e. The van der Waals surface area contributed by atoms with Crippen LogP contribution in [0.3, 0.4) is 0 Å². The highest BCUT2D eigenvalue weighted by molar-refractivity contribution is 5.80. The van der Waals surface area contributed by atoms with E-state index in [9.17, 15) is 4.79 Å². The van der Waals surface area contributed by atoms with Crippen molar-refractivity contribution in [1.29, 1.82) is 0 Å². The van der Waals surface area contributed by atoms with E-state index in [1.807, 2.05) is 0 Å². The van der Waals surface area contributed by atoms with Crippen molar-refractivity contribution in [3.8, 4) is 5.75 Å². The summed E-state index contributed by atoms with van der Waals surface area (Å²) in [5, 5.41) is 0. The fourth-order valence-electron chi connectivity index (χ4n) is 4.32. The van der Waals surface area contributed by atoms with E-state index in [1.165, 1.54) is 24.8 Å². The van der Waals surface area contributed by atoms with Crippen LogP contribution >= 0.6 is 0 Å². The van der Waals surface area contributed by atoms with Crippen LogP contribution in [0.4, 0.5) is 0 Å². The van der Waals surface area contributed by atoms with Gasteiger partial charge in [0.1, 0.15) is 5.75 Å². The Morgan fingerprint density at radius 1 is 0.889 bits per heavy atom. The van der Waals surface area contributed by atoms with Gasteiger partial charge in [-0.15, -0.1) is 0 Å². The zero-order valence-electron chi connectivity index (χ0n) is 18.9. The Balaban J connectivity index is 2.08. The third-order valence-electron chi connectivity index (χ3n) is 6.60. The van der Waals surface area contributed by atoms with Crippen molar-refractivity contribution in [3.63, 3.8) is 0 Å².